The fraction of sp³-hybridized carbons (Fsp3) is 0.176. The molecule has 1 aromatic carbocycles. The highest BCUT2D eigenvalue weighted by molar-refractivity contribution is 6.33. The van der Waals surface area contributed by atoms with Gasteiger partial charge in [0.1, 0.15) is 6.33 Å². The number of hydrogen-bond donors (Lipinski definition) is 2. The maximum absolute atomic E-state index is 12.1. The normalized spacial score (nSPS) is 10.6. The van der Waals surface area contributed by atoms with E-state index in [-0.39, 0.29) is 0 Å². The minimum atomic E-state index is -0.420. The number of carbonyl (C=O) groups is 1. The van der Waals surface area contributed by atoms with Gasteiger partial charge in [-0.1, -0.05) is 17.7 Å². The van der Waals surface area contributed by atoms with E-state index in [9.17, 15) is 4.79 Å². The van der Waals surface area contributed by atoms with Crippen molar-refractivity contribution in [1.82, 2.24) is 19.5 Å². The Morgan fingerprint density at radius 3 is 2.40 bits per heavy atom. The molecule has 0 unspecified atom stereocenters. The molecule has 0 bridgehead atoms. The van der Waals surface area contributed by atoms with Gasteiger partial charge in [-0.05, 0) is 38.5 Å². The predicted octanol–water partition coefficient (Wildman–Crippen LogP) is 3.88. The van der Waals surface area contributed by atoms with Gasteiger partial charge in [-0.25, -0.2) is 19.7 Å². The maximum Gasteiger partial charge on any atom is 0.323 e. The minimum Gasteiger partial charge on any atom is -0.306 e. The maximum atomic E-state index is 12.1. The summed E-state index contributed by atoms with van der Waals surface area (Å²) in [4.78, 5) is 24.8. The largest absolute Gasteiger partial charge is 0.323 e. The SMILES string of the molecule is Cc1ccc(NC(=O)Nc2cnc(-n3cnc(C)c3C)nc2)c(Cl)c1. The first-order valence-corrected chi connectivity index (χ1v) is 7.99. The van der Waals surface area contributed by atoms with Crippen molar-refractivity contribution in [3.63, 3.8) is 0 Å². The predicted molar refractivity (Wildman–Crippen MR) is 97.5 cm³/mol. The van der Waals surface area contributed by atoms with Gasteiger partial charge >= 0.3 is 6.03 Å². The van der Waals surface area contributed by atoms with Crippen molar-refractivity contribution in [2.45, 2.75) is 20.8 Å². The second-order valence-corrected chi connectivity index (χ2v) is 6.03. The molecule has 0 aliphatic heterocycles. The summed E-state index contributed by atoms with van der Waals surface area (Å²) in [5.41, 5.74) is 3.91. The van der Waals surface area contributed by atoms with Crippen LogP contribution >= 0.6 is 11.6 Å². The lowest BCUT2D eigenvalue weighted by molar-refractivity contribution is 0.262. The van der Waals surface area contributed by atoms with Crippen LogP contribution in [0, 0.1) is 20.8 Å². The minimum absolute atomic E-state index is 0.420. The first kappa shape index (κ1) is 16.9. The van der Waals surface area contributed by atoms with Crippen molar-refractivity contribution in [2.24, 2.45) is 0 Å². The Morgan fingerprint density at radius 2 is 1.80 bits per heavy atom. The van der Waals surface area contributed by atoms with Gasteiger partial charge in [-0.3, -0.25) is 4.57 Å². The number of benzene rings is 1. The summed E-state index contributed by atoms with van der Waals surface area (Å²) in [5, 5.41) is 5.84. The zero-order valence-corrected chi connectivity index (χ0v) is 14.8. The molecule has 0 saturated heterocycles. The van der Waals surface area contributed by atoms with E-state index in [1.54, 1.807) is 23.0 Å². The molecule has 0 atom stereocenters. The summed E-state index contributed by atoms with van der Waals surface area (Å²) in [6.45, 7) is 5.79. The van der Waals surface area contributed by atoms with Gasteiger partial charge in [0.05, 0.1) is 34.5 Å². The summed E-state index contributed by atoms with van der Waals surface area (Å²) in [6.07, 6.45) is 4.74. The Hall–Kier alpha value is -2.93. The molecule has 3 aromatic rings. The highest BCUT2D eigenvalue weighted by atomic mass is 35.5. The van der Waals surface area contributed by atoms with Crippen LogP contribution < -0.4 is 10.6 Å². The number of rotatable bonds is 3. The molecule has 2 heterocycles. The van der Waals surface area contributed by atoms with Crippen LogP contribution in [0.1, 0.15) is 17.0 Å². The topological polar surface area (TPSA) is 84.7 Å². The second kappa shape index (κ2) is 6.90. The summed E-state index contributed by atoms with van der Waals surface area (Å²) in [7, 11) is 0. The number of hydrogen-bond acceptors (Lipinski definition) is 4. The lowest BCUT2D eigenvalue weighted by Gasteiger charge is -2.10. The van der Waals surface area contributed by atoms with Crippen LogP contribution in [0.15, 0.2) is 36.9 Å². The number of imidazole rings is 1. The molecule has 0 aliphatic carbocycles. The number of nitrogens with zero attached hydrogens (tertiary/aromatic N) is 4. The third kappa shape index (κ3) is 3.77. The molecule has 2 amide bonds. The Kier molecular flexibility index (Phi) is 4.67. The second-order valence-electron chi connectivity index (χ2n) is 5.62. The number of aromatic nitrogens is 4. The summed E-state index contributed by atoms with van der Waals surface area (Å²) < 4.78 is 1.78. The molecular weight excluding hydrogens is 340 g/mol. The van der Waals surface area contributed by atoms with Gasteiger partial charge in [-0.15, -0.1) is 0 Å². The van der Waals surface area contributed by atoms with Gasteiger partial charge in [0.15, 0.2) is 0 Å². The van der Waals surface area contributed by atoms with Gasteiger partial charge in [-0.2, -0.15) is 0 Å². The van der Waals surface area contributed by atoms with E-state index in [2.05, 4.69) is 25.6 Å². The number of urea groups is 1. The van der Waals surface area contributed by atoms with Crippen LogP contribution in [-0.4, -0.2) is 25.6 Å². The average molecular weight is 357 g/mol. The van der Waals surface area contributed by atoms with Crippen LogP contribution in [-0.2, 0) is 0 Å². The van der Waals surface area contributed by atoms with Crippen molar-refractivity contribution in [3.05, 3.63) is 58.9 Å². The van der Waals surface area contributed by atoms with Gasteiger partial charge < -0.3 is 10.6 Å². The summed E-state index contributed by atoms with van der Waals surface area (Å²) in [6, 6.07) is 4.98. The van der Waals surface area contributed by atoms with Crippen LogP contribution in [0.3, 0.4) is 0 Å². The first-order chi connectivity index (χ1) is 11.9. The Balaban J connectivity index is 1.69. The molecule has 7 nitrogen and oxygen atoms in total. The highest BCUT2D eigenvalue weighted by Crippen LogP contribution is 2.22. The molecule has 25 heavy (non-hydrogen) atoms. The monoisotopic (exact) mass is 356 g/mol. The van der Waals surface area contributed by atoms with E-state index >= 15 is 0 Å². The number of aryl methyl sites for hydroxylation is 2. The molecule has 0 aliphatic rings. The smallest absolute Gasteiger partial charge is 0.306 e. The number of halogens is 1. The molecule has 0 fully saturated rings. The van der Waals surface area contributed by atoms with Crippen LogP contribution in [0.2, 0.25) is 5.02 Å². The third-order valence-corrected chi connectivity index (χ3v) is 4.05. The van der Waals surface area contributed by atoms with Crippen LogP contribution in [0.25, 0.3) is 5.95 Å². The van der Waals surface area contributed by atoms with E-state index in [4.69, 9.17) is 11.6 Å². The van der Waals surface area contributed by atoms with Gasteiger partial charge in [0.25, 0.3) is 0 Å². The summed E-state index contributed by atoms with van der Waals surface area (Å²) in [5.74, 6) is 0.491. The Labute approximate surface area is 150 Å². The quantitative estimate of drug-likeness (QED) is 0.745. The zero-order valence-electron chi connectivity index (χ0n) is 14.0. The molecule has 2 aromatic heterocycles. The van der Waals surface area contributed by atoms with E-state index < -0.39 is 6.03 Å². The molecule has 8 heteroatoms. The lowest BCUT2D eigenvalue weighted by atomic mass is 10.2. The van der Waals surface area contributed by atoms with Crippen molar-refractivity contribution in [2.75, 3.05) is 10.6 Å². The molecule has 128 valence electrons. The van der Waals surface area contributed by atoms with Crippen molar-refractivity contribution < 1.29 is 4.79 Å². The van der Waals surface area contributed by atoms with E-state index in [1.807, 2.05) is 26.8 Å². The van der Waals surface area contributed by atoms with Crippen LogP contribution in [0.5, 0.6) is 0 Å². The highest BCUT2D eigenvalue weighted by Gasteiger charge is 2.09. The Bertz CT molecular complexity index is 919. The number of anilines is 2. The van der Waals surface area contributed by atoms with Crippen LogP contribution in [0.4, 0.5) is 16.2 Å². The fourth-order valence-electron chi connectivity index (χ4n) is 2.22. The average Bonchev–Trinajstić information content (AvgIpc) is 2.90. The first-order valence-electron chi connectivity index (χ1n) is 7.61. The lowest BCUT2D eigenvalue weighted by Crippen LogP contribution is -2.20. The molecular formula is C17H17ClN6O. The van der Waals surface area contributed by atoms with E-state index in [0.29, 0.717) is 22.3 Å². The molecule has 0 spiro atoms. The van der Waals surface area contributed by atoms with Crippen molar-refractivity contribution >= 4 is 29.0 Å². The molecule has 0 radical (unpaired) electrons. The third-order valence-electron chi connectivity index (χ3n) is 3.74. The van der Waals surface area contributed by atoms with Crippen molar-refractivity contribution in [1.29, 1.82) is 0 Å². The van der Waals surface area contributed by atoms with E-state index in [0.717, 1.165) is 17.0 Å². The zero-order chi connectivity index (χ0) is 18.0. The summed E-state index contributed by atoms with van der Waals surface area (Å²) >= 11 is 6.11. The number of nitrogens with one attached hydrogen (secondary N) is 2. The molecule has 3 rings (SSSR count). The number of amides is 2. The van der Waals surface area contributed by atoms with Gasteiger partial charge in [0.2, 0.25) is 5.95 Å². The standard InChI is InChI=1S/C17H17ClN6O/c1-10-4-5-15(14(18)6-10)23-17(25)22-13-7-19-16(20-8-13)24-9-21-11(2)12(24)3/h4-9H,1-3H3,(H2,22,23,25). The fourth-order valence-corrected chi connectivity index (χ4v) is 2.50. The molecule has 0 saturated carbocycles. The number of carbonyl (C=O) groups excluding carboxylic acids is 1. The van der Waals surface area contributed by atoms with E-state index in [1.165, 1.54) is 12.4 Å². The van der Waals surface area contributed by atoms with Gasteiger partial charge in [0, 0.05) is 5.69 Å². The molecule has 2 N–H and O–H groups in total. The Morgan fingerprint density at radius 1 is 1.08 bits per heavy atom. The van der Waals surface area contributed by atoms with Crippen molar-refractivity contribution in [3.8, 4) is 5.95 Å².